The molecule has 20 heavy (non-hydrogen) atoms. The Morgan fingerprint density at radius 2 is 1.90 bits per heavy atom. The van der Waals surface area contributed by atoms with E-state index in [9.17, 15) is 14.7 Å². The van der Waals surface area contributed by atoms with Crippen LogP contribution in [0.2, 0.25) is 0 Å². The second kappa shape index (κ2) is 6.34. The lowest BCUT2D eigenvalue weighted by Crippen LogP contribution is -2.23. The normalized spacial score (nSPS) is 20.1. The van der Waals surface area contributed by atoms with Crippen LogP contribution in [-0.4, -0.2) is 33.9 Å². The van der Waals surface area contributed by atoms with Crippen molar-refractivity contribution >= 4 is 35.4 Å². The number of primary amides is 1. The SMILES string of the molecule is NC(=O)/C(CC(=O)O)=C1\Sc2ccccc2SC1CO. The number of thioether (sulfide) groups is 2. The van der Waals surface area contributed by atoms with E-state index >= 15 is 0 Å². The quantitative estimate of drug-likeness (QED) is 0.728. The molecule has 0 saturated heterocycles. The predicted molar refractivity (Wildman–Crippen MR) is 77.5 cm³/mol. The van der Waals surface area contributed by atoms with E-state index in [1.54, 1.807) is 0 Å². The van der Waals surface area contributed by atoms with Crippen molar-refractivity contribution < 1.29 is 19.8 Å². The minimum absolute atomic E-state index is 0.0588. The third-order valence-corrected chi connectivity index (χ3v) is 5.60. The van der Waals surface area contributed by atoms with Gasteiger partial charge >= 0.3 is 5.97 Å². The highest BCUT2D eigenvalue weighted by atomic mass is 32.2. The van der Waals surface area contributed by atoms with Crippen molar-refractivity contribution in [3.05, 3.63) is 34.7 Å². The molecule has 0 fully saturated rings. The highest BCUT2D eigenvalue weighted by Crippen LogP contribution is 2.48. The number of rotatable bonds is 4. The molecule has 5 nitrogen and oxygen atoms in total. The van der Waals surface area contributed by atoms with Gasteiger partial charge in [0.15, 0.2) is 0 Å². The highest BCUT2D eigenvalue weighted by Gasteiger charge is 2.29. The van der Waals surface area contributed by atoms with Crippen molar-refractivity contribution in [1.82, 2.24) is 0 Å². The molecule has 1 heterocycles. The Hall–Kier alpha value is -1.44. The number of carboxylic acid groups (broad SMARTS) is 1. The fourth-order valence-corrected chi connectivity index (χ4v) is 4.43. The molecule has 1 aromatic rings. The molecule has 106 valence electrons. The van der Waals surface area contributed by atoms with Gasteiger partial charge in [-0.05, 0) is 12.1 Å². The number of carbonyl (C=O) groups is 2. The van der Waals surface area contributed by atoms with E-state index in [4.69, 9.17) is 10.8 Å². The van der Waals surface area contributed by atoms with Gasteiger partial charge < -0.3 is 15.9 Å². The van der Waals surface area contributed by atoms with Crippen LogP contribution >= 0.6 is 23.5 Å². The number of nitrogens with two attached hydrogens (primary N) is 1. The topological polar surface area (TPSA) is 101 Å². The van der Waals surface area contributed by atoms with Gasteiger partial charge in [-0.15, -0.1) is 11.8 Å². The van der Waals surface area contributed by atoms with E-state index in [-0.39, 0.29) is 17.4 Å². The Kier molecular flexibility index (Phi) is 4.74. The molecule has 0 saturated carbocycles. The van der Waals surface area contributed by atoms with Gasteiger partial charge in [-0.25, -0.2) is 0 Å². The molecule has 1 unspecified atom stereocenters. The number of carbonyl (C=O) groups excluding carboxylic acids is 1. The average Bonchev–Trinajstić information content (AvgIpc) is 2.42. The van der Waals surface area contributed by atoms with Crippen LogP contribution in [0.5, 0.6) is 0 Å². The summed E-state index contributed by atoms with van der Waals surface area (Å²) in [6.45, 7) is -0.183. The van der Waals surface area contributed by atoms with Gasteiger partial charge in [0.25, 0.3) is 0 Å². The molecule has 0 spiro atoms. The Morgan fingerprint density at radius 1 is 1.25 bits per heavy atom. The van der Waals surface area contributed by atoms with Crippen LogP contribution in [0.15, 0.2) is 44.5 Å². The molecule has 0 bridgehead atoms. The predicted octanol–water partition coefficient (Wildman–Crippen LogP) is 1.46. The zero-order valence-corrected chi connectivity index (χ0v) is 12.0. The van der Waals surface area contributed by atoms with Crippen LogP contribution in [0.3, 0.4) is 0 Å². The van der Waals surface area contributed by atoms with Crippen LogP contribution < -0.4 is 5.73 Å². The molecule has 0 aliphatic carbocycles. The highest BCUT2D eigenvalue weighted by molar-refractivity contribution is 8.08. The maximum Gasteiger partial charge on any atom is 0.308 e. The van der Waals surface area contributed by atoms with E-state index in [1.165, 1.54) is 23.5 Å². The molecule has 1 atom stereocenters. The van der Waals surface area contributed by atoms with Crippen molar-refractivity contribution in [2.24, 2.45) is 5.73 Å². The molecular weight excluding hydrogens is 298 g/mol. The number of benzene rings is 1. The number of hydrogen-bond acceptors (Lipinski definition) is 5. The molecule has 7 heteroatoms. The zero-order chi connectivity index (χ0) is 14.7. The molecule has 1 aromatic carbocycles. The molecule has 2 rings (SSSR count). The standard InChI is InChI=1S/C13H13NO4S2/c14-13(18)7(5-11(16)17)12-10(6-15)19-8-3-1-2-4-9(8)20-12/h1-4,10,15H,5-6H2,(H2,14,18)(H,16,17)/b12-7-. The van der Waals surface area contributed by atoms with E-state index in [1.807, 2.05) is 24.3 Å². The van der Waals surface area contributed by atoms with Gasteiger partial charge in [0.05, 0.1) is 18.3 Å². The minimum Gasteiger partial charge on any atom is -0.481 e. The van der Waals surface area contributed by atoms with Crippen molar-refractivity contribution in [3.63, 3.8) is 0 Å². The minimum atomic E-state index is -1.12. The van der Waals surface area contributed by atoms with Gasteiger partial charge in [0, 0.05) is 20.3 Å². The number of fused-ring (bicyclic) bond motifs is 1. The monoisotopic (exact) mass is 311 g/mol. The lowest BCUT2D eigenvalue weighted by molar-refractivity contribution is -0.137. The molecule has 4 N–H and O–H groups in total. The first-order chi connectivity index (χ1) is 9.52. The van der Waals surface area contributed by atoms with E-state index in [2.05, 4.69) is 0 Å². The van der Waals surface area contributed by atoms with Crippen LogP contribution in [0.1, 0.15) is 6.42 Å². The van der Waals surface area contributed by atoms with E-state index in [0.717, 1.165) is 9.79 Å². The molecule has 0 aromatic heterocycles. The maximum atomic E-state index is 11.5. The lowest BCUT2D eigenvalue weighted by atomic mass is 10.1. The summed E-state index contributed by atoms with van der Waals surface area (Å²) >= 11 is 2.71. The summed E-state index contributed by atoms with van der Waals surface area (Å²) in [5.41, 5.74) is 5.35. The van der Waals surface area contributed by atoms with E-state index in [0.29, 0.717) is 4.91 Å². The third-order valence-electron chi connectivity index (χ3n) is 2.72. The smallest absolute Gasteiger partial charge is 0.308 e. The number of hydrogen-bond donors (Lipinski definition) is 3. The molecule has 1 amide bonds. The lowest BCUT2D eigenvalue weighted by Gasteiger charge is -2.26. The summed E-state index contributed by atoms with van der Waals surface area (Å²) in [6.07, 6.45) is -0.434. The maximum absolute atomic E-state index is 11.5. The second-order valence-electron chi connectivity index (χ2n) is 4.12. The van der Waals surface area contributed by atoms with Crippen molar-refractivity contribution in [2.45, 2.75) is 21.5 Å². The Labute approximate surface area is 124 Å². The fourth-order valence-electron chi connectivity index (χ4n) is 1.85. The summed E-state index contributed by atoms with van der Waals surface area (Å²) in [5.74, 6) is -1.87. The molecule has 1 aliphatic heterocycles. The van der Waals surface area contributed by atoms with Gasteiger partial charge in [-0.3, -0.25) is 9.59 Å². The molecular formula is C13H13NO4S2. The number of aliphatic hydroxyl groups is 1. The number of aliphatic hydroxyl groups excluding tert-OH is 1. The number of carboxylic acids is 1. The van der Waals surface area contributed by atoms with Crippen molar-refractivity contribution in [1.29, 1.82) is 0 Å². The Bertz CT molecular complexity index is 585. The van der Waals surface area contributed by atoms with Crippen LogP contribution in [-0.2, 0) is 9.59 Å². The first-order valence-corrected chi connectivity index (χ1v) is 7.51. The summed E-state index contributed by atoms with van der Waals surface area (Å²) in [5, 5.41) is 18.0. The third kappa shape index (κ3) is 3.17. The van der Waals surface area contributed by atoms with Gasteiger partial charge in [-0.1, -0.05) is 23.9 Å². The summed E-state index contributed by atoms with van der Waals surface area (Å²) in [7, 11) is 0. The summed E-state index contributed by atoms with van der Waals surface area (Å²) in [6, 6.07) is 7.57. The molecule has 0 radical (unpaired) electrons. The Balaban J connectivity index is 2.47. The van der Waals surface area contributed by atoms with Gasteiger partial charge in [0.1, 0.15) is 0 Å². The van der Waals surface area contributed by atoms with E-state index < -0.39 is 18.3 Å². The van der Waals surface area contributed by atoms with Gasteiger partial charge in [-0.2, -0.15) is 0 Å². The van der Waals surface area contributed by atoms with Crippen LogP contribution in [0.4, 0.5) is 0 Å². The summed E-state index contributed by atoms with van der Waals surface area (Å²) in [4.78, 5) is 24.8. The van der Waals surface area contributed by atoms with Crippen LogP contribution in [0.25, 0.3) is 0 Å². The summed E-state index contributed by atoms with van der Waals surface area (Å²) < 4.78 is 0. The largest absolute Gasteiger partial charge is 0.481 e. The second-order valence-corrected chi connectivity index (χ2v) is 6.44. The average molecular weight is 311 g/mol. The molecule has 1 aliphatic rings. The van der Waals surface area contributed by atoms with Crippen molar-refractivity contribution in [3.8, 4) is 0 Å². The number of amides is 1. The fraction of sp³-hybridized carbons (Fsp3) is 0.231. The Morgan fingerprint density at radius 3 is 2.45 bits per heavy atom. The first kappa shape index (κ1) is 15.0. The first-order valence-electron chi connectivity index (χ1n) is 5.82. The van der Waals surface area contributed by atoms with Crippen molar-refractivity contribution in [2.75, 3.05) is 6.61 Å². The van der Waals surface area contributed by atoms with Crippen LogP contribution in [0, 0.1) is 0 Å². The zero-order valence-electron chi connectivity index (χ0n) is 10.4. The number of aliphatic carboxylic acids is 1. The van der Waals surface area contributed by atoms with Gasteiger partial charge in [0.2, 0.25) is 5.91 Å².